The second-order valence-corrected chi connectivity index (χ2v) is 9.68. The first kappa shape index (κ1) is 23.4. The summed E-state index contributed by atoms with van der Waals surface area (Å²) in [6.45, 7) is 7.11. The highest BCUT2D eigenvalue weighted by Crippen LogP contribution is 2.37. The first-order chi connectivity index (χ1) is 15.0. The molecule has 4 nitrogen and oxygen atoms in total. The van der Waals surface area contributed by atoms with Crippen LogP contribution in [0.25, 0.3) is 0 Å². The van der Waals surface area contributed by atoms with Crippen LogP contribution in [0.2, 0.25) is 0 Å². The average molecular weight is 436 g/mol. The number of amides is 1. The van der Waals surface area contributed by atoms with Gasteiger partial charge in [-0.05, 0) is 43.4 Å². The van der Waals surface area contributed by atoms with Gasteiger partial charge in [-0.25, -0.2) is 0 Å². The summed E-state index contributed by atoms with van der Waals surface area (Å²) in [5.74, 6) is 2.00. The van der Waals surface area contributed by atoms with E-state index < -0.39 is 5.41 Å². The molecule has 1 heterocycles. The number of nitrogens with one attached hydrogen (secondary N) is 1. The lowest BCUT2D eigenvalue weighted by Crippen LogP contribution is -2.46. The van der Waals surface area contributed by atoms with Crippen molar-refractivity contribution in [2.45, 2.75) is 51.1 Å². The molecule has 0 aromatic heterocycles. The molecule has 0 radical (unpaired) electrons. The fraction of sp³-hybridized carbons (Fsp3) is 0.462. The zero-order chi connectivity index (χ0) is 22.3. The number of carbonyl (C=O) groups excluding carboxylic acids is 1. The lowest BCUT2D eigenvalue weighted by molar-refractivity contribution is -0.125. The maximum atomic E-state index is 13.0. The summed E-state index contributed by atoms with van der Waals surface area (Å²) in [4.78, 5) is 15.2. The molecular weight excluding hydrogens is 402 g/mol. The van der Waals surface area contributed by atoms with E-state index in [2.05, 4.69) is 42.3 Å². The molecule has 0 spiro atoms. The van der Waals surface area contributed by atoms with Crippen LogP contribution < -0.4 is 5.32 Å². The Balaban J connectivity index is 1.60. The summed E-state index contributed by atoms with van der Waals surface area (Å²) >= 11 is 1.81. The van der Waals surface area contributed by atoms with Crippen molar-refractivity contribution < 1.29 is 4.79 Å². The Morgan fingerprint density at radius 1 is 1.16 bits per heavy atom. The summed E-state index contributed by atoms with van der Waals surface area (Å²) in [6.07, 6.45) is 1.68. The number of hydrogen-bond acceptors (Lipinski definition) is 4. The van der Waals surface area contributed by atoms with E-state index in [4.69, 9.17) is 0 Å². The van der Waals surface area contributed by atoms with Gasteiger partial charge in [0.1, 0.15) is 0 Å². The normalized spacial score (nSPS) is 19.5. The van der Waals surface area contributed by atoms with E-state index in [0.717, 1.165) is 42.1 Å². The molecule has 3 rings (SSSR count). The summed E-state index contributed by atoms with van der Waals surface area (Å²) in [5.41, 5.74) is 1.72. The molecule has 2 aromatic carbocycles. The lowest BCUT2D eigenvalue weighted by atomic mass is 9.70. The van der Waals surface area contributed by atoms with Gasteiger partial charge in [0.05, 0.1) is 23.6 Å². The third-order valence-electron chi connectivity index (χ3n) is 6.43. The third kappa shape index (κ3) is 5.50. The smallest absolute Gasteiger partial charge is 0.238 e. The van der Waals surface area contributed by atoms with Crippen molar-refractivity contribution >= 4 is 17.7 Å². The van der Waals surface area contributed by atoms with Gasteiger partial charge in [-0.1, -0.05) is 74.5 Å². The maximum Gasteiger partial charge on any atom is 0.238 e. The van der Waals surface area contributed by atoms with Crippen molar-refractivity contribution in [3.63, 3.8) is 0 Å². The van der Waals surface area contributed by atoms with Crippen LogP contribution in [0.5, 0.6) is 0 Å². The molecular formula is C26H33N3OS. The minimum Gasteiger partial charge on any atom is -0.348 e. The van der Waals surface area contributed by atoms with E-state index in [1.165, 1.54) is 0 Å². The molecule has 2 aromatic rings. The quantitative estimate of drug-likeness (QED) is 0.593. The molecule has 3 atom stereocenters. The Morgan fingerprint density at radius 2 is 1.81 bits per heavy atom. The van der Waals surface area contributed by atoms with E-state index in [-0.39, 0.29) is 23.9 Å². The van der Waals surface area contributed by atoms with Crippen LogP contribution in [0, 0.1) is 17.2 Å². The van der Waals surface area contributed by atoms with Gasteiger partial charge in [0.2, 0.25) is 5.91 Å². The number of hydrogen-bond donors (Lipinski definition) is 1. The van der Waals surface area contributed by atoms with Crippen molar-refractivity contribution in [2.24, 2.45) is 5.92 Å². The van der Waals surface area contributed by atoms with Crippen molar-refractivity contribution in [2.75, 3.05) is 18.2 Å². The topological polar surface area (TPSA) is 56.1 Å². The van der Waals surface area contributed by atoms with Crippen LogP contribution in [-0.4, -0.2) is 35.0 Å². The van der Waals surface area contributed by atoms with E-state index in [1.807, 2.05) is 67.2 Å². The van der Waals surface area contributed by atoms with Crippen LogP contribution >= 0.6 is 11.8 Å². The Hall–Kier alpha value is -2.29. The van der Waals surface area contributed by atoms with E-state index >= 15 is 0 Å². The molecule has 0 bridgehead atoms. The highest BCUT2D eigenvalue weighted by molar-refractivity contribution is 7.99. The number of nitrogens with zero attached hydrogens (tertiary/aromatic N) is 2. The summed E-state index contributed by atoms with van der Waals surface area (Å²) in [5, 5.41) is 13.3. The number of benzene rings is 2. The predicted octanol–water partition coefficient (Wildman–Crippen LogP) is 5.14. The SMILES string of the molecule is CC(C)[C@@](C#N)(CCCN1CSC[C@@H]1C(=O)N[C@H](C)c1ccccc1)c1ccccc1. The van der Waals surface area contributed by atoms with E-state index in [1.54, 1.807) is 0 Å². The van der Waals surface area contributed by atoms with Crippen LogP contribution in [0.3, 0.4) is 0 Å². The van der Waals surface area contributed by atoms with E-state index in [9.17, 15) is 10.1 Å². The molecule has 1 N–H and O–H groups in total. The van der Waals surface area contributed by atoms with Crippen LogP contribution in [0.1, 0.15) is 50.8 Å². The monoisotopic (exact) mass is 435 g/mol. The molecule has 0 aliphatic carbocycles. The van der Waals surface area contributed by atoms with Gasteiger partial charge < -0.3 is 5.32 Å². The molecule has 0 unspecified atom stereocenters. The molecule has 1 aliphatic heterocycles. The summed E-state index contributed by atoms with van der Waals surface area (Å²) in [7, 11) is 0. The second-order valence-electron chi connectivity index (χ2n) is 8.68. The van der Waals surface area contributed by atoms with Gasteiger partial charge in [-0.3, -0.25) is 9.69 Å². The van der Waals surface area contributed by atoms with Gasteiger partial charge in [0.15, 0.2) is 0 Å². The van der Waals surface area contributed by atoms with Gasteiger partial charge in [-0.2, -0.15) is 5.26 Å². The zero-order valence-corrected chi connectivity index (χ0v) is 19.6. The van der Waals surface area contributed by atoms with Crippen molar-refractivity contribution in [1.82, 2.24) is 10.2 Å². The molecule has 1 saturated heterocycles. The zero-order valence-electron chi connectivity index (χ0n) is 18.8. The van der Waals surface area contributed by atoms with Gasteiger partial charge in [0, 0.05) is 11.6 Å². The molecule has 1 aliphatic rings. The first-order valence-corrected chi connectivity index (χ1v) is 12.3. The van der Waals surface area contributed by atoms with Crippen molar-refractivity contribution in [1.29, 1.82) is 5.26 Å². The van der Waals surface area contributed by atoms with Crippen molar-refractivity contribution in [3.05, 3.63) is 71.8 Å². The van der Waals surface area contributed by atoms with Gasteiger partial charge in [-0.15, -0.1) is 11.8 Å². The van der Waals surface area contributed by atoms with Gasteiger partial charge >= 0.3 is 0 Å². The summed E-state index contributed by atoms with van der Waals surface area (Å²) < 4.78 is 0. The standard InChI is InChI=1S/C26H33N3OS/c1-20(2)26(18-27,23-13-8-5-9-14-23)15-10-16-29-19-31-17-24(29)25(30)28-21(3)22-11-6-4-7-12-22/h4-9,11-14,20-21,24H,10,15-17,19H2,1-3H3,(H,28,30)/t21-,24-,26+/m1/s1. The molecule has 1 amide bonds. The molecule has 0 saturated carbocycles. The molecule has 1 fully saturated rings. The minimum absolute atomic E-state index is 0.00795. The molecule has 5 heteroatoms. The maximum absolute atomic E-state index is 13.0. The summed E-state index contributed by atoms with van der Waals surface area (Å²) in [6, 6.07) is 22.7. The molecule has 31 heavy (non-hydrogen) atoms. The highest BCUT2D eigenvalue weighted by Gasteiger charge is 2.37. The average Bonchev–Trinajstić information content (AvgIpc) is 3.26. The predicted molar refractivity (Wildman–Crippen MR) is 129 cm³/mol. The number of rotatable bonds is 9. The lowest BCUT2D eigenvalue weighted by Gasteiger charge is -2.32. The Labute approximate surface area is 191 Å². The fourth-order valence-electron chi connectivity index (χ4n) is 4.39. The van der Waals surface area contributed by atoms with Crippen molar-refractivity contribution in [3.8, 4) is 6.07 Å². The molecule has 164 valence electrons. The van der Waals surface area contributed by atoms with Gasteiger partial charge in [0.25, 0.3) is 0 Å². The van der Waals surface area contributed by atoms with Crippen LogP contribution in [-0.2, 0) is 10.2 Å². The van der Waals surface area contributed by atoms with E-state index in [0.29, 0.717) is 0 Å². The Kier molecular flexibility index (Phi) is 8.17. The first-order valence-electron chi connectivity index (χ1n) is 11.1. The number of nitriles is 1. The largest absolute Gasteiger partial charge is 0.348 e. The second kappa shape index (κ2) is 10.8. The minimum atomic E-state index is -0.492. The fourth-order valence-corrected chi connectivity index (χ4v) is 5.62. The van der Waals surface area contributed by atoms with Crippen LogP contribution in [0.15, 0.2) is 60.7 Å². The third-order valence-corrected chi connectivity index (χ3v) is 7.49. The van der Waals surface area contributed by atoms with Crippen LogP contribution in [0.4, 0.5) is 0 Å². The Bertz CT molecular complexity index is 881. The highest BCUT2D eigenvalue weighted by atomic mass is 32.2. The number of thioether (sulfide) groups is 1. The number of carbonyl (C=O) groups is 1. The Morgan fingerprint density at radius 3 is 2.42 bits per heavy atom.